The van der Waals surface area contributed by atoms with E-state index in [1.165, 1.54) is 18.0 Å². The van der Waals surface area contributed by atoms with Gasteiger partial charge in [0.2, 0.25) is 5.91 Å². The number of carbonyl (C=O) groups is 1. The second kappa shape index (κ2) is 6.97. The summed E-state index contributed by atoms with van der Waals surface area (Å²) in [4.78, 5) is 34.0. The summed E-state index contributed by atoms with van der Waals surface area (Å²) >= 11 is 0. The number of H-pyrrole nitrogens is 1. The second-order valence-corrected chi connectivity index (χ2v) is 8.41. The topological polar surface area (TPSA) is 101 Å². The fraction of sp³-hybridized carbons (Fsp3) is 0.364. The number of allylic oxidation sites excluding steroid dienone is 2. The Hall–Kier alpha value is -3.62. The lowest BCUT2D eigenvalue weighted by Gasteiger charge is -2.41. The van der Waals surface area contributed by atoms with E-state index in [1.807, 2.05) is 19.4 Å². The van der Waals surface area contributed by atoms with Gasteiger partial charge in [0.25, 0.3) is 5.56 Å². The van der Waals surface area contributed by atoms with Gasteiger partial charge in [-0.1, -0.05) is 19.6 Å². The Morgan fingerprint density at radius 2 is 2.10 bits per heavy atom. The van der Waals surface area contributed by atoms with Gasteiger partial charge in [-0.2, -0.15) is 5.10 Å². The molecule has 0 aliphatic heterocycles. The minimum atomic E-state index is -0.107. The van der Waals surface area contributed by atoms with Gasteiger partial charge < -0.3 is 19.8 Å². The summed E-state index contributed by atoms with van der Waals surface area (Å²) in [5, 5.41) is 8.04. The zero-order chi connectivity index (χ0) is 21.9. The van der Waals surface area contributed by atoms with Crippen LogP contribution in [-0.2, 0) is 11.8 Å². The van der Waals surface area contributed by atoms with Crippen LogP contribution in [0.5, 0.6) is 0 Å². The summed E-state index contributed by atoms with van der Waals surface area (Å²) in [5.41, 5.74) is 4.73. The standard InChI is InChI=1S/C22H25N7O2/c1-5-18(30)28(4)13-7-14(8-13)29-10-17(20-21(22(29)31)24-11-23-20)25-16-9-27(3)26-19(16)15-6-12(15)2/h5-6,9-14,25H,1,7-8H2,2-4H3,(H,23,24). The van der Waals surface area contributed by atoms with E-state index in [0.717, 1.165) is 29.9 Å². The molecule has 9 heteroatoms. The molecule has 2 N–H and O–H groups in total. The minimum absolute atomic E-state index is 0.0188. The molecule has 3 aromatic rings. The van der Waals surface area contributed by atoms with Crippen LogP contribution in [0.4, 0.5) is 11.4 Å². The maximum Gasteiger partial charge on any atom is 0.276 e. The van der Waals surface area contributed by atoms with Crippen molar-refractivity contribution in [2.75, 3.05) is 12.4 Å². The molecule has 3 aromatic heterocycles. The van der Waals surface area contributed by atoms with Crippen LogP contribution < -0.4 is 10.9 Å². The van der Waals surface area contributed by atoms with Crippen molar-refractivity contribution in [3.8, 4) is 0 Å². The van der Waals surface area contributed by atoms with Gasteiger partial charge in [-0.25, -0.2) is 4.98 Å². The van der Waals surface area contributed by atoms with Crippen molar-refractivity contribution >= 4 is 33.9 Å². The molecule has 5 rings (SSSR count). The number of hydrogen-bond acceptors (Lipinski definition) is 5. The van der Waals surface area contributed by atoms with Gasteiger partial charge >= 0.3 is 0 Å². The normalized spacial score (nSPS) is 22.0. The summed E-state index contributed by atoms with van der Waals surface area (Å²) in [7, 11) is 3.67. The van der Waals surface area contributed by atoms with E-state index in [9.17, 15) is 9.59 Å². The number of fused-ring (bicyclic) bond motifs is 1. The van der Waals surface area contributed by atoms with Crippen molar-refractivity contribution in [2.45, 2.75) is 31.8 Å². The molecule has 1 saturated carbocycles. The highest BCUT2D eigenvalue weighted by Gasteiger charge is 2.36. The first-order valence-electron chi connectivity index (χ1n) is 10.4. The molecular formula is C22H25N7O2. The fourth-order valence-corrected chi connectivity index (χ4v) is 4.29. The number of imidazole rings is 1. The Morgan fingerprint density at radius 1 is 1.35 bits per heavy atom. The number of rotatable bonds is 6. The summed E-state index contributed by atoms with van der Waals surface area (Å²) in [6.45, 7) is 5.69. The number of aryl methyl sites for hydroxylation is 1. The van der Waals surface area contributed by atoms with Gasteiger partial charge in [0, 0.05) is 44.5 Å². The highest BCUT2D eigenvalue weighted by molar-refractivity contribution is 5.92. The van der Waals surface area contributed by atoms with Gasteiger partial charge in [-0.15, -0.1) is 0 Å². The van der Waals surface area contributed by atoms with Crippen LogP contribution in [0.3, 0.4) is 0 Å². The van der Waals surface area contributed by atoms with E-state index >= 15 is 0 Å². The summed E-state index contributed by atoms with van der Waals surface area (Å²) < 4.78 is 3.53. The highest BCUT2D eigenvalue weighted by atomic mass is 16.2. The lowest BCUT2D eigenvalue weighted by Crippen LogP contribution is -2.47. The van der Waals surface area contributed by atoms with E-state index < -0.39 is 0 Å². The molecule has 0 bridgehead atoms. The van der Waals surface area contributed by atoms with Crippen LogP contribution >= 0.6 is 0 Å². The van der Waals surface area contributed by atoms with Crippen LogP contribution in [-0.4, -0.2) is 48.2 Å². The van der Waals surface area contributed by atoms with Crippen molar-refractivity contribution in [1.29, 1.82) is 0 Å². The highest BCUT2D eigenvalue weighted by Crippen LogP contribution is 2.41. The third kappa shape index (κ3) is 3.17. The number of nitrogens with one attached hydrogen (secondary N) is 2. The number of aromatic nitrogens is 5. The van der Waals surface area contributed by atoms with E-state index in [0.29, 0.717) is 17.0 Å². The van der Waals surface area contributed by atoms with Crippen LogP contribution in [0.1, 0.15) is 31.5 Å². The molecule has 0 spiro atoms. The number of carbonyl (C=O) groups excluding carboxylic acids is 1. The Labute approximate surface area is 179 Å². The van der Waals surface area contributed by atoms with Crippen molar-refractivity contribution in [3.63, 3.8) is 0 Å². The first-order chi connectivity index (χ1) is 14.9. The number of pyridine rings is 1. The second-order valence-electron chi connectivity index (χ2n) is 8.41. The van der Waals surface area contributed by atoms with E-state index in [1.54, 1.807) is 21.2 Å². The van der Waals surface area contributed by atoms with Crippen LogP contribution in [0.15, 0.2) is 42.2 Å². The van der Waals surface area contributed by atoms with Crippen LogP contribution in [0, 0.1) is 5.92 Å². The number of anilines is 2. The quantitative estimate of drug-likeness (QED) is 0.598. The van der Waals surface area contributed by atoms with Gasteiger partial charge in [0.15, 0.2) is 0 Å². The van der Waals surface area contributed by atoms with E-state index in [-0.39, 0.29) is 23.6 Å². The monoisotopic (exact) mass is 419 g/mol. The molecule has 1 atom stereocenters. The van der Waals surface area contributed by atoms with Crippen molar-refractivity contribution < 1.29 is 4.79 Å². The first-order valence-corrected chi connectivity index (χ1v) is 10.4. The molecule has 2 aliphatic carbocycles. The number of hydrogen-bond donors (Lipinski definition) is 2. The van der Waals surface area contributed by atoms with Crippen LogP contribution in [0.2, 0.25) is 0 Å². The van der Waals surface area contributed by atoms with Gasteiger partial charge in [0.1, 0.15) is 16.7 Å². The third-order valence-corrected chi connectivity index (χ3v) is 6.35. The maximum atomic E-state index is 13.1. The number of likely N-dealkylation sites (N-methyl/N-ethyl adjacent to an activating group) is 1. The first kappa shape index (κ1) is 19.3. The summed E-state index contributed by atoms with van der Waals surface area (Å²) in [6, 6.07) is 0.120. The lowest BCUT2D eigenvalue weighted by atomic mass is 9.85. The molecule has 9 nitrogen and oxygen atoms in total. The zero-order valence-electron chi connectivity index (χ0n) is 17.8. The van der Waals surface area contributed by atoms with Crippen LogP contribution in [0.25, 0.3) is 16.6 Å². The average Bonchev–Trinajstić information content (AvgIpc) is 3.10. The third-order valence-electron chi connectivity index (χ3n) is 6.35. The minimum Gasteiger partial charge on any atom is -0.349 e. The summed E-state index contributed by atoms with van der Waals surface area (Å²) in [5.74, 6) is 0.326. The molecule has 3 heterocycles. The fourth-order valence-electron chi connectivity index (χ4n) is 4.29. The lowest BCUT2D eigenvalue weighted by molar-refractivity contribution is -0.129. The smallest absolute Gasteiger partial charge is 0.276 e. The zero-order valence-corrected chi connectivity index (χ0v) is 17.8. The molecule has 1 amide bonds. The van der Waals surface area contributed by atoms with E-state index in [4.69, 9.17) is 0 Å². The largest absolute Gasteiger partial charge is 0.349 e. The Kier molecular flexibility index (Phi) is 4.35. The molecule has 2 aliphatic rings. The molecule has 0 radical (unpaired) electrons. The Bertz CT molecular complexity index is 1290. The molecule has 31 heavy (non-hydrogen) atoms. The molecule has 1 fully saturated rings. The van der Waals surface area contributed by atoms with Gasteiger partial charge in [-0.3, -0.25) is 14.3 Å². The number of amides is 1. The van der Waals surface area contributed by atoms with E-state index in [2.05, 4.69) is 40.0 Å². The molecule has 160 valence electrons. The van der Waals surface area contributed by atoms with Crippen molar-refractivity contribution in [3.05, 3.63) is 53.5 Å². The summed E-state index contributed by atoms with van der Waals surface area (Å²) in [6.07, 6.45) is 10.2. The Balaban J connectivity index is 1.47. The number of aromatic amines is 1. The SMILES string of the molecule is C=CC(=O)N(C)C1CC(n2cc(Nc3cn(C)nc3C3=CC3C)c3nc[nH]c3c2=O)C1. The predicted molar refractivity (Wildman–Crippen MR) is 119 cm³/mol. The van der Waals surface area contributed by atoms with Gasteiger partial charge in [-0.05, 0) is 24.5 Å². The predicted octanol–water partition coefficient (Wildman–Crippen LogP) is 2.58. The average molecular weight is 419 g/mol. The maximum absolute atomic E-state index is 13.1. The number of nitrogens with zero attached hydrogens (tertiary/aromatic N) is 5. The molecule has 1 unspecified atom stereocenters. The molecule has 0 aromatic carbocycles. The molecular weight excluding hydrogens is 394 g/mol. The Morgan fingerprint density at radius 3 is 2.77 bits per heavy atom. The van der Waals surface area contributed by atoms with Crippen molar-refractivity contribution in [2.24, 2.45) is 13.0 Å². The molecule has 0 saturated heterocycles. The van der Waals surface area contributed by atoms with Crippen molar-refractivity contribution in [1.82, 2.24) is 29.2 Å². The van der Waals surface area contributed by atoms with Gasteiger partial charge in [0.05, 0.1) is 17.7 Å².